The van der Waals surface area contributed by atoms with Crippen molar-refractivity contribution >= 4 is 40.0 Å². The SMILES string of the molecule is N#Cc1c(SCC(=O)Nc2nccs2)nc(N2CCCCC2)c2c1CCCC2. The average Bonchev–Trinajstić information content (AvgIpc) is 3.25. The van der Waals surface area contributed by atoms with E-state index in [-0.39, 0.29) is 11.7 Å². The smallest absolute Gasteiger partial charge is 0.236 e. The topological polar surface area (TPSA) is 81.9 Å². The molecule has 2 aromatic rings. The predicted molar refractivity (Wildman–Crippen MR) is 113 cm³/mol. The van der Waals surface area contributed by atoms with Crippen molar-refractivity contribution in [1.29, 1.82) is 5.26 Å². The third-order valence-electron chi connectivity index (χ3n) is 5.25. The van der Waals surface area contributed by atoms with Gasteiger partial charge in [-0.1, -0.05) is 11.8 Å². The lowest BCUT2D eigenvalue weighted by Gasteiger charge is -2.32. The third kappa shape index (κ3) is 4.15. The van der Waals surface area contributed by atoms with E-state index in [2.05, 4.69) is 21.3 Å². The van der Waals surface area contributed by atoms with Gasteiger partial charge in [-0.05, 0) is 56.1 Å². The van der Waals surface area contributed by atoms with E-state index in [9.17, 15) is 10.1 Å². The standard InChI is InChI=1S/C20H23N5OS2/c21-12-16-14-6-2-3-7-15(14)18(25-9-4-1-5-10-25)24-19(16)28-13-17(26)23-20-22-8-11-27-20/h8,11H,1-7,9-10,13H2,(H,22,23,26). The number of amides is 1. The maximum Gasteiger partial charge on any atom is 0.236 e. The van der Waals surface area contributed by atoms with Gasteiger partial charge in [0.25, 0.3) is 0 Å². The number of carbonyl (C=O) groups excluding carboxylic acids is 1. The van der Waals surface area contributed by atoms with E-state index in [1.807, 2.05) is 5.38 Å². The minimum atomic E-state index is -0.122. The summed E-state index contributed by atoms with van der Waals surface area (Å²) in [6, 6.07) is 2.38. The summed E-state index contributed by atoms with van der Waals surface area (Å²) in [6.45, 7) is 2.06. The number of carbonyl (C=O) groups is 1. The molecule has 1 amide bonds. The quantitative estimate of drug-likeness (QED) is 0.746. The zero-order valence-corrected chi connectivity index (χ0v) is 17.4. The van der Waals surface area contributed by atoms with Crippen molar-refractivity contribution in [2.45, 2.75) is 50.0 Å². The molecular weight excluding hydrogens is 390 g/mol. The first-order valence-electron chi connectivity index (χ1n) is 9.79. The monoisotopic (exact) mass is 413 g/mol. The summed E-state index contributed by atoms with van der Waals surface area (Å²) >= 11 is 2.75. The Bertz CT molecular complexity index is 885. The summed E-state index contributed by atoms with van der Waals surface area (Å²) in [7, 11) is 0. The van der Waals surface area contributed by atoms with Crippen molar-refractivity contribution in [3.05, 3.63) is 28.3 Å². The van der Waals surface area contributed by atoms with Crippen molar-refractivity contribution in [2.24, 2.45) is 0 Å². The van der Waals surface area contributed by atoms with Gasteiger partial charge < -0.3 is 10.2 Å². The van der Waals surface area contributed by atoms with Gasteiger partial charge in [0.1, 0.15) is 16.9 Å². The fraction of sp³-hybridized carbons (Fsp3) is 0.500. The zero-order chi connectivity index (χ0) is 19.3. The highest BCUT2D eigenvalue weighted by Gasteiger charge is 2.26. The summed E-state index contributed by atoms with van der Waals surface area (Å²) in [5, 5.41) is 15.7. The van der Waals surface area contributed by atoms with Crippen LogP contribution in [0.15, 0.2) is 16.6 Å². The Hall–Kier alpha value is -2.11. The van der Waals surface area contributed by atoms with Crippen molar-refractivity contribution in [2.75, 3.05) is 29.1 Å². The third-order valence-corrected chi connectivity index (χ3v) is 6.91. The maximum atomic E-state index is 12.3. The van der Waals surface area contributed by atoms with Gasteiger partial charge in [0, 0.05) is 24.7 Å². The Morgan fingerprint density at radius 1 is 1.21 bits per heavy atom. The van der Waals surface area contributed by atoms with Crippen molar-refractivity contribution in [1.82, 2.24) is 9.97 Å². The number of pyridine rings is 1. The highest BCUT2D eigenvalue weighted by Crippen LogP contribution is 2.37. The van der Waals surface area contributed by atoms with Gasteiger partial charge in [0.05, 0.1) is 11.3 Å². The minimum Gasteiger partial charge on any atom is -0.356 e. The van der Waals surface area contributed by atoms with Crippen LogP contribution >= 0.6 is 23.1 Å². The number of fused-ring (bicyclic) bond motifs is 1. The molecule has 1 saturated heterocycles. The number of nitriles is 1. The second-order valence-electron chi connectivity index (χ2n) is 7.11. The molecule has 3 heterocycles. The highest BCUT2D eigenvalue weighted by molar-refractivity contribution is 8.00. The highest BCUT2D eigenvalue weighted by atomic mass is 32.2. The van der Waals surface area contributed by atoms with E-state index in [0.717, 1.165) is 50.2 Å². The molecule has 0 saturated carbocycles. The molecule has 0 radical (unpaired) electrons. The van der Waals surface area contributed by atoms with Gasteiger partial charge in [-0.3, -0.25) is 4.79 Å². The number of nitrogens with one attached hydrogen (secondary N) is 1. The number of rotatable bonds is 5. The Kier molecular flexibility index (Phi) is 6.13. The molecule has 0 aromatic carbocycles. The van der Waals surface area contributed by atoms with Crippen LogP contribution in [0.1, 0.15) is 48.8 Å². The van der Waals surface area contributed by atoms with E-state index >= 15 is 0 Å². The van der Waals surface area contributed by atoms with Crippen molar-refractivity contribution in [3.8, 4) is 6.07 Å². The molecule has 8 heteroatoms. The number of piperidine rings is 1. The van der Waals surface area contributed by atoms with Crippen molar-refractivity contribution in [3.63, 3.8) is 0 Å². The summed E-state index contributed by atoms with van der Waals surface area (Å²) in [6.07, 6.45) is 9.51. The van der Waals surface area contributed by atoms with E-state index in [0.29, 0.717) is 15.7 Å². The van der Waals surface area contributed by atoms with E-state index < -0.39 is 0 Å². The largest absolute Gasteiger partial charge is 0.356 e. The number of hydrogen-bond acceptors (Lipinski definition) is 7. The molecule has 1 aliphatic carbocycles. The molecule has 6 nitrogen and oxygen atoms in total. The van der Waals surface area contributed by atoms with E-state index in [4.69, 9.17) is 4.98 Å². The van der Waals surface area contributed by atoms with Crippen LogP contribution in [0.3, 0.4) is 0 Å². The molecular formula is C20H23N5OS2. The van der Waals surface area contributed by atoms with Crippen LogP contribution in [0.5, 0.6) is 0 Å². The molecule has 1 aliphatic heterocycles. The average molecular weight is 414 g/mol. The fourth-order valence-electron chi connectivity index (χ4n) is 3.94. The molecule has 1 fully saturated rings. The Balaban J connectivity index is 1.60. The molecule has 1 N–H and O–H groups in total. The van der Waals surface area contributed by atoms with Crippen LogP contribution in [-0.2, 0) is 17.6 Å². The Morgan fingerprint density at radius 2 is 2.00 bits per heavy atom. The van der Waals surface area contributed by atoms with Gasteiger partial charge >= 0.3 is 0 Å². The zero-order valence-electron chi connectivity index (χ0n) is 15.7. The minimum absolute atomic E-state index is 0.122. The lowest BCUT2D eigenvalue weighted by molar-refractivity contribution is -0.113. The molecule has 146 valence electrons. The second-order valence-corrected chi connectivity index (χ2v) is 8.97. The lowest BCUT2D eigenvalue weighted by Crippen LogP contribution is -2.32. The predicted octanol–water partition coefficient (Wildman–Crippen LogP) is 4.01. The molecule has 4 rings (SSSR count). The summed E-state index contributed by atoms with van der Waals surface area (Å²) in [4.78, 5) is 23.7. The van der Waals surface area contributed by atoms with Gasteiger partial charge in [0.15, 0.2) is 5.13 Å². The molecule has 0 unspecified atom stereocenters. The van der Waals surface area contributed by atoms with Gasteiger partial charge in [0.2, 0.25) is 5.91 Å². The Morgan fingerprint density at radius 3 is 2.71 bits per heavy atom. The van der Waals surface area contributed by atoms with Crippen LogP contribution in [0.4, 0.5) is 10.9 Å². The van der Waals surface area contributed by atoms with E-state index in [1.165, 1.54) is 47.9 Å². The van der Waals surface area contributed by atoms with Gasteiger partial charge in [-0.25, -0.2) is 9.97 Å². The number of thioether (sulfide) groups is 1. The van der Waals surface area contributed by atoms with Crippen LogP contribution in [0.2, 0.25) is 0 Å². The van der Waals surface area contributed by atoms with Crippen LogP contribution in [0, 0.1) is 11.3 Å². The maximum absolute atomic E-state index is 12.3. The molecule has 2 aromatic heterocycles. The number of aromatic nitrogens is 2. The fourth-order valence-corrected chi connectivity index (χ4v) is 5.29. The first kappa shape index (κ1) is 19.2. The summed E-state index contributed by atoms with van der Waals surface area (Å²) < 4.78 is 0. The van der Waals surface area contributed by atoms with Gasteiger partial charge in [-0.2, -0.15) is 5.26 Å². The van der Waals surface area contributed by atoms with E-state index in [1.54, 1.807) is 6.20 Å². The second kappa shape index (κ2) is 8.93. The number of thiazole rings is 1. The summed E-state index contributed by atoms with van der Waals surface area (Å²) in [5.74, 6) is 1.15. The normalized spacial score (nSPS) is 16.3. The molecule has 2 aliphatic rings. The van der Waals surface area contributed by atoms with Gasteiger partial charge in [-0.15, -0.1) is 11.3 Å². The lowest BCUT2D eigenvalue weighted by atomic mass is 9.89. The number of nitrogens with zero attached hydrogens (tertiary/aromatic N) is 4. The molecule has 0 atom stereocenters. The Labute approximate surface area is 173 Å². The molecule has 28 heavy (non-hydrogen) atoms. The first-order valence-corrected chi connectivity index (χ1v) is 11.7. The van der Waals surface area contributed by atoms with Crippen LogP contribution in [-0.4, -0.2) is 34.7 Å². The molecule has 0 spiro atoms. The van der Waals surface area contributed by atoms with Crippen LogP contribution in [0.25, 0.3) is 0 Å². The number of hydrogen-bond donors (Lipinski definition) is 1. The number of anilines is 2. The molecule has 0 bridgehead atoms. The summed E-state index contributed by atoms with van der Waals surface area (Å²) in [5.41, 5.74) is 3.09. The van der Waals surface area contributed by atoms with Crippen molar-refractivity contribution < 1.29 is 4.79 Å². The first-order chi connectivity index (χ1) is 13.8. The van der Waals surface area contributed by atoms with Crippen LogP contribution < -0.4 is 10.2 Å².